The minimum Gasteiger partial charge on any atom is -0.396 e. The van der Waals surface area contributed by atoms with Crippen molar-refractivity contribution in [2.24, 2.45) is 0 Å². The van der Waals surface area contributed by atoms with Gasteiger partial charge in [-0.2, -0.15) is 0 Å². The number of thiazole rings is 1. The van der Waals surface area contributed by atoms with Crippen LogP contribution in [0.25, 0.3) is 0 Å². The Bertz CT molecular complexity index is 304. The molecular weight excluding hydrogens is 244 g/mol. The molecule has 92 valence electrons. The van der Waals surface area contributed by atoms with Crippen LogP contribution in [0, 0.1) is 0 Å². The van der Waals surface area contributed by atoms with E-state index in [9.17, 15) is 0 Å². The van der Waals surface area contributed by atoms with Crippen molar-refractivity contribution in [2.45, 2.75) is 38.7 Å². The molecule has 0 amide bonds. The third-order valence-corrected chi connectivity index (χ3v) is 3.56. The van der Waals surface area contributed by atoms with Crippen LogP contribution >= 0.6 is 22.9 Å². The maximum Gasteiger partial charge on any atom is 0.107 e. The lowest BCUT2D eigenvalue weighted by atomic mass is 10.3. The van der Waals surface area contributed by atoms with Gasteiger partial charge in [0, 0.05) is 24.6 Å². The van der Waals surface area contributed by atoms with E-state index in [-0.39, 0.29) is 6.61 Å². The molecule has 0 aliphatic rings. The number of rotatable bonds is 7. The second-order valence-corrected chi connectivity index (χ2v) is 5.22. The molecule has 0 spiro atoms. The van der Waals surface area contributed by atoms with Gasteiger partial charge < -0.3 is 5.11 Å². The van der Waals surface area contributed by atoms with E-state index >= 15 is 0 Å². The van der Waals surface area contributed by atoms with E-state index in [2.05, 4.69) is 23.7 Å². The SMILES string of the molecule is CC(C)N(CCCO)Cc1nc(CCl)cs1. The summed E-state index contributed by atoms with van der Waals surface area (Å²) in [6.45, 7) is 6.32. The minimum atomic E-state index is 0.244. The molecule has 0 bridgehead atoms. The van der Waals surface area contributed by atoms with Crippen molar-refractivity contribution < 1.29 is 5.11 Å². The summed E-state index contributed by atoms with van der Waals surface area (Å²) < 4.78 is 0. The number of halogens is 1. The average Bonchev–Trinajstić information content (AvgIpc) is 2.71. The Kier molecular flexibility index (Phi) is 6.28. The third kappa shape index (κ3) is 4.37. The van der Waals surface area contributed by atoms with Gasteiger partial charge in [0.05, 0.1) is 18.1 Å². The molecule has 0 aliphatic heterocycles. The molecular formula is C11H19ClN2OS. The lowest BCUT2D eigenvalue weighted by molar-refractivity contribution is 0.184. The Morgan fingerprint density at radius 3 is 2.81 bits per heavy atom. The number of alkyl halides is 1. The van der Waals surface area contributed by atoms with Gasteiger partial charge in [0.15, 0.2) is 0 Å². The smallest absolute Gasteiger partial charge is 0.107 e. The number of hydrogen-bond donors (Lipinski definition) is 1. The molecule has 1 N–H and O–H groups in total. The van der Waals surface area contributed by atoms with Crippen molar-refractivity contribution in [1.29, 1.82) is 0 Å². The van der Waals surface area contributed by atoms with Crippen LogP contribution in [-0.2, 0) is 12.4 Å². The summed E-state index contributed by atoms with van der Waals surface area (Å²) >= 11 is 7.37. The van der Waals surface area contributed by atoms with Crippen LogP contribution in [0.5, 0.6) is 0 Å². The van der Waals surface area contributed by atoms with E-state index in [0.29, 0.717) is 11.9 Å². The Hall–Kier alpha value is -0.160. The van der Waals surface area contributed by atoms with E-state index < -0.39 is 0 Å². The van der Waals surface area contributed by atoms with Crippen molar-refractivity contribution in [2.75, 3.05) is 13.2 Å². The summed E-state index contributed by atoms with van der Waals surface area (Å²) in [5.74, 6) is 0.481. The van der Waals surface area contributed by atoms with Crippen molar-refractivity contribution in [1.82, 2.24) is 9.88 Å². The molecule has 0 atom stereocenters. The molecule has 16 heavy (non-hydrogen) atoms. The first-order chi connectivity index (χ1) is 7.67. The molecule has 0 fully saturated rings. The average molecular weight is 263 g/mol. The highest BCUT2D eigenvalue weighted by Gasteiger charge is 2.11. The second-order valence-electron chi connectivity index (χ2n) is 4.01. The Morgan fingerprint density at radius 1 is 1.56 bits per heavy atom. The van der Waals surface area contributed by atoms with Gasteiger partial charge in [-0.05, 0) is 20.3 Å². The fraction of sp³-hybridized carbons (Fsp3) is 0.727. The van der Waals surface area contributed by atoms with Crippen LogP contribution in [0.3, 0.4) is 0 Å². The van der Waals surface area contributed by atoms with Crippen molar-refractivity contribution in [3.8, 4) is 0 Å². The summed E-state index contributed by atoms with van der Waals surface area (Å²) in [6, 6.07) is 0.468. The highest BCUT2D eigenvalue weighted by atomic mass is 35.5. The molecule has 0 saturated carbocycles. The van der Waals surface area contributed by atoms with E-state index in [1.165, 1.54) is 0 Å². The molecule has 0 aliphatic carbocycles. The Balaban J connectivity index is 2.53. The van der Waals surface area contributed by atoms with Gasteiger partial charge >= 0.3 is 0 Å². The van der Waals surface area contributed by atoms with Crippen molar-refractivity contribution in [3.05, 3.63) is 16.1 Å². The summed E-state index contributed by atoms with van der Waals surface area (Å²) in [5.41, 5.74) is 0.951. The predicted octanol–water partition coefficient (Wildman–Crippen LogP) is 2.47. The normalized spacial score (nSPS) is 11.6. The molecule has 1 aromatic heterocycles. The molecule has 5 heteroatoms. The van der Waals surface area contributed by atoms with Gasteiger partial charge in [0.2, 0.25) is 0 Å². The zero-order valence-electron chi connectivity index (χ0n) is 9.82. The second kappa shape index (κ2) is 7.22. The lowest BCUT2D eigenvalue weighted by Crippen LogP contribution is -2.31. The molecule has 0 radical (unpaired) electrons. The zero-order valence-corrected chi connectivity index (χ0v) is 11.4. The van der Waals surface area contributed by atoms with Crippen molar-refractivity contribution >= 4 is 22.9 Å². The van der Waals surface area contributed by atoms with E-state index in [1.807, 2.05) is 5.38 Å². The summed E-state index contributed by atoms with van der Waals surface area (Å²) in [7, 11) is 0. The molecule has 1 aromatic rings. The number of aliphatic hydroxyl groups excluding tert-OH is 1. The highest BCUT2D eigenvalue weighted by molar-refractivity contribution is 7.09. The topological polar surface area (TPSA) is 36.4 Å². The quantitative estimate of drug-likeness (QED) is 0.767. The van der Waals surface area contributed by atoms with E-state index in [0.717, 1.165) is 30.2 Å². The van der Waals surface area contributed by atoms with Crippen LogP contribution < -0.4 is 0 Å². The van der Waals surface area contributed by atoms with Crippen LogP contribution in [-0.4, -0.2) is 34.2 Å². The lowest BCUT2D eigenvalue weighted by Gasteiger charge is -2.24. The molecule has 0 saturated heterocycles. The van der Waals surface area contributed by atoms with Crippen LogP contribution in [0.1, 0.15) is 31.0 Å². The first-order valence-corrected chi connectivity index (χ1v) is 6.93. The highest BCUT2D eigenvalue weighted by Crippen LogP contribution is 2.15. The molecule has 0 aromatic carbocycles. The van der Waals surface area contributed by atoms with Gasteiger partial charge in [0.1, 0.15) is 5.01 Å². The fourth-order valence-electron chi connectivity index (χ4n) is 1.45. The van der Waals surface area contributed by atoms with Crippen LogP contribution in [0.15, 0.2) is 5.38 Å². The zero-order chi connectivity index (χ0) is 12.0. The van der Waals surface area contributed by atoms with Gasteiger partial charge in [-0.15, -0.1) is 22.9 Å². The number of nitrogens with zero attached hydrogens (tertiary/aromatic N) is 2. The first kappa shape index (κ1) is 13.9. The van der Waals surface area contributed by atoms with Gasteiger partial charge in [-0.1, -0.05) is 0 Å². The summed E-state index contributed by atoms with van der Waals surface area (Å²) in [5, 5.41) is 12.0. The first-order valence-electron chi connectivity index (χ1n) is 5.51. The maximum atomic E-state index is 8.85. The van der Waals surface area contributed by atoms with Gasteiger partial charge in [0.25, 0.3) is 0 Å². The molecule has 3 nitrogen and oxygen atoms in total. The molecule has 1 rings (SSSR count). The van der Waals surface area contributed by atoms with E-state index in [4.69, 9.17) is 16.7 Å². The van der Waals surface area contributed by atoms with Gasteiger partial charge in [-0.3, -0.25) is 4.90 Å². The predicted molar refractivity (Wildman–Crippen MR) is 68.9 cm³/mol. The number of aromatic nitrogens is 1. The van der Waals surface area contributed by atoms with E-state index in [1.54, 1.807) is 11.3 Å². The van der Waals surface area contributed by atoms with Crippen LogP contribution in [0.4, 0.5) is 0 Å². The maximum absolute atomic E-state index is 8.85. The summed E-state index contributed by atoms with van der Waals surface area (Å²) in [6.07, 6.45) is 0.811. The Morgan fingerprint density at radius 2 is 2.31 bits per heavy atom. The third-order valence-electron chi connectivity index (χ3n) is 2.41. The Labute approximate surface area is 106 Å². The number of aliphatic hydroxyl groups is 1. The monoisotopic (exact) mass is 262 g/mol. The van der Waals surface area contributed by atoms with Gasteiger partial charge in [-0.25, -0.2) is 4.98 Å². The fourth-order valence-corrected chi connectivity index (χ4v) is 2.50. The molecule has 0 unspecified atom stereocenters. The number of hydrogen-bond acceptors (Lipinski definition) is 4. The van der Waals surface area contributed by atoms with Crippen molar-refractivity contribution in [3.63, 3.8) is 0 Å². The van der Waals surface area contributed by atoms with Crippen LogP contribution in [0.2, 0.25) is 0 Å². The molecule has 1 heterocycles. The standard InChI is InChI=1S/C11H19ClN2OS/c1-9(2)14(4-3-5-15)7-11-13-10(6-12)8-16-11/h8-9,15H,3-7H2,1-2H3. The largest absolute Gasteiger partial charge is 0.396 e. The summed E-state index contributed by atoms with van der Waals surface area (Å²) in [4.78, 5) is 6.75. The minimum absolute atomic E-state index is 0.244.